The molecule has 9 heteroatoms. The molecule has 5 aliphatic rings. The van der Waals surface area contributed by atoms with E-state index in [-0.39, 0.29) is 18.3 Å². The molecule has 5 saturated carbocycles. The van der Waals surface area contributed by atoms with Crippen molar-refractivity contribution in [3.8, 4) is 0 Å². The Morgan fingerprint density at radius 2 is 1.65 bits per heavy atom. The van der Waals surface area contributed by atoms with E-state index in [4.69, 9.17) is 4.74 Å². The van der Waals surface area contributed by atoms with Gasteiger partial charge in [0.2, 0.25) is 0 Å². The molecule has 0 spiro atoms. The van der Waals surface area contributed by atoms with Crippen LogP contribution in [0.15, 0.2) is 0 Å². The Balaban J connectivity index is 1.64. The fraction of sp³-hybridized carbons (Fsp3) is 0.941. The van der Waals surface area contributed by atoms with Crippen LogP contribution in [0.4, 0.5) is 8.78 Å². The first-order valence-electron chi connectivity index (χ1n) is 9.20. The number of ether oxygens (including phenoxy) is 1. The van der Waals surface area contributed by atoms with Gasteiger partial charge >= 0.3 is 11.2 Å². The van der Waals surface area contributed by atoms with Crippen LogP contribution in [-0.2, 0) is 19.6 Å². The third-order valence-electron chi connectivity index (χ3n) is 7.29. The van der Waals surface area contributed by atoms with E-state index in [1.807, 2.05) is 0 Å². The van der Waals surface area contributed by atoms with Crippen LogP contribution in [0.1, 0.15) is 64.2 Å². The molecule has 0 aromatic carbocycles. The van der Waals surface area contributed by atoms with Gasteiger partial charge in [-0.25, -0.2) is 13.2 Å². The summed E-state index contributed by atoms with van der Waals surface area (Å²) in [5, 5.41) is 6.17. The highest BCUT2D eigenvalue weighted by Crippen LogP contribution is 2.68. The summed E-state index contributed by atoms with van der Waals surface area (Å²) in [6.07, 6.45) is 6.66. The number of carbonyl (C=O) groups is 1. The standard InChI is InChI=1S/C17H24F2O6S/c18-17(19,26(22,23)24)13(20)25-15-8-11-5-12(9-15)7-14(6-11,10-15)16(21)3-1-2-4-16/h11-12,21H,1-10H2,(H,22,23,24)/p-1. The molecule has 0 aromatic rings. The van der Waals surface area contributed by atoms with Crippen LogP contribution in [0.2, 0.25) is 0 Å². The fourth-order valence-electron chi connectivity index (χ4n) is 6.69. The molecule has 1 N–H and O–H groups in total. The molecule has 0 heterocycles. The first-order chi connectivity index (χ1) is 11.9. The normalized spacial score (nSPS) is 41.4. The zero-order valence-electron chi connectivity index (χ0n) is 14.4. The van der Waals surface area contributed by atoms with Crippen molar-refractivity contribution in [2.75, 3.05) is 0 Å². The van der Waals surface area contributed by atoms with E-state index in [0.29, 0.717) is 25.7 Å². The Morgan fingerprint density at radius 1 is 1.12 bits per heavy atom. The third kappa shape index (κ3) is 2.53. The Bertz CT molecular complexity index is 714. The Morgan fingerprint density at radius 3 is 2.15 bits per heavy atom. The molecule has 0 aromatic heterocycles. The highest BCUT2D eigenvalue weighted by Gasteiger charge is 2.67. The van der Waals surface area contributed by atoms with Crippen molar-refractivity contribution in [2.24, 2.45) is 17.3 Å². The van der Waals surface area contributed by atoms with E-state index < -0.39 is 38.0 Å². The van der Waals surface area contributed by atoms with Crippen LogP contribution in [0, 0.1) is 17.3 Å². The van der Waals surface area contributed by atoms with Gasteiger partial charge in [0.05, 0.1) is 5.60 Å². The average Bonchev–Trinajstić information content (AvgIpc) is 2.92. The van der Waals surface area contributed by atoms with E-state index in [2.05, 4.69) is 0 Å². The number of aliphatic hydroxyl groups is 1. The molecule has 4 bridgehead atoms. The maximum absolute atomic E-state index is 13.7. The maximum atomic E-state index is 13.7. The summed E-state index contributed by atoms with van der Waals surface area (Å²) in [5.41, 5.74) is -2.55. The highest BCUT2D eigenvalue weighted by atomic mass is 32.2. The first kappa shape index (κ1) is 18.6. The lowest BCUT2D eigenvalue weighted by Gasteiger charge is -2.65. The van der Waals surface area contributed by atoms with Gasteiger partial charge in [0.15, 0.2) is 10.1 Å². The van der Waals surface area contributed by atoms with Crippen molar-refractivity contribution in [3.05, 3.63) is 0 Å². The minimum atomic E-state index is -6.14. The molecule has 6 nitrogen and oxygen atoms in total. The van der Waals surface area contributed by atoms with E-state index in [9.17, 15) is 31.7 Å². The van der Waals surface area contributed by atoms with Crippen molar-refractivity contribution < 1.29 is 36.4 Å². The first-order valence-corrected chi connectivity index (χ1v) is 10.6. The molecule has 5 fully saturated rings. The summed E-state index contributed by atoms with van der Waals surface area (Å²) in [4.78, 5) is 11.9. The van der Waals surface area contributed by atoms with Gasteiger partial charge in [-0.2, -0.15) is 8.78 Å². The van der Waals surface area contributed by atoms with Gasteiger partial charge in [-0.15, -0.1) is 0 Å². The van der Waals surface area contributed by atoms with Crippen molar-refractivity contribution >= 4 is 16.1 Å². The topological polar surface area (TPSA) is 104 Å². The van der Waals surface area contributed by atoms with Gasteiger partial charge in [0, 0.05) is 5.41 Å². The molecule has 5 rings (SSSR count). The Labute approximate surface area is 151 Å². The third-order valence-corrected chi connectivity index (χ3v) is 8.08. The van der Waals surface area contributed by atoms with Gasteiger partial charge in [0.1, 0.15) is 5.60 Å². The van der Waals surface area contributed by atoms with Gasteiger partial charge in [-0.1, -0.05) is 12.8 Å². The average molecular weight is 393 g/mol. The van der Waals surface area contributed by atoms with Gasteiger partial charge in [-0.3, -0.25) is 0 Å². The molecule has 26 heavy (non-hydrogen) atoms. The fourth-order valence-corrected chi connectivity index (χ4v) is 6.94. The quantitative estimate of drug-likeness (QED) is 0.581. The molecule has 148 valence electrons. The van der Waals surface area contributed by atoms with Gasteiger partial charge in [-0.05, 0) is 63.2 Å². The molecule has 5 aliphatic carbocycles. The number of carbonyl (C=O) groups excluding carboxylic acids is 1. The molecular weight excluding hydrogens is 370 g/mol. The molecule has 2 unspecified atom stereocenters. The van der Waals surface area contributed by atoms with Crippen LogP contribution in [0.25, 0.3) is 0 Å². The van der Waals surface area contributed by atoms with Gasteiger partial charge in [0.25, 0.3) is 0 Å². The summed E-state index contributed by atoms with van der Waals surface area (Å²) in [7, 11) is -6.14. The van der Waals surface area contributed by atoms with E-state index in [0.717, 1.165) is 32.1 Å². The van der Waals surface area contributed by atoms with E-state index >= 15 is 0 Å². The lowest BCUT2D eigenvalue weighted by molar-refractivity contribution is -0.245. The summed E-state index contributed by atoms with van der Waals surface area (Å²) in [6, 6.07) is 0. The minimum Gasteiger partial charge on any atom is -0.743 e. The number of hydrogen-bond donors (Lipinski definition) is 1. The molecule has 0 radical (unpaired) electrons. The summed E-state index contributed by atoms with van der Waals surface area (Å²) < 4.78 is 64.7. The monoisotopic (exact) mass is 393 g/mol. The van der Waals surface area contributed by atoms with Crippen LogP contribution in [0.5, 0.6) is 0 Å². The summed E-state index contributed by atoms with van der Waals surface area (Å²) in [5.74, 6) is -1.96. The Hall–Kier alpha value is -0.800. The minimum absolute atomic E-state index is 0.158. The molecular formula is C17H23F2O6S-. The number of esters is 1. The smallest absolute Gasteiger partial charge is 0.428 e. The van der Waals surface area contributed by atoms with Crippen molar-refractivity contribution in [1.82, 2.24) is 0 Å². The molecule has 0 aliphatic heterocycles. The second-order valence-corrected chi connectivity index (χ2v) is 10.4. The predicted molar refractivity (Wildman–Crippen MR) is 84.0 cm³/mol. The maximum Gasteiger partial charge on any atom is 0.428 e. The van der Waals surface area contributed by atoms with Crippen molar-refractivity contribution in [3.63, 3.8) is 0 Å². The molecule has 0 amide bonds. The number of alkyl halides is 2. The molecule has 0 saturated heterocycles. The van der Waals surface area contributed by atoms with Crippen LogP contribution in [-0.4, -0.2) is 40.5 Å². The van der Waals surface area contributed by atoms with Crippen LogP contribution >= 0.6 is 0 Å². The zero-order valence-corrected chi connectivity index (χ0v) is 15.2. The number of hydrogen-bond acceptors (Lipinski definition) is 6. The van der Waals surface area contributed by atoms with Crippen LogP contribution < -0.4 is 0 Å². The van der Waals surface area contributed by atoms with E-state index in [1.165, 1.54) is 0 Å². The van der Waals surface area contributed by atoms with Crippen LogP contribution in [0.3, 0.4) is 0 Å². The second kappa shape index (κ2) is 5.38. The largest absolute Gasteiger partial charge is 0.743 e. The van der Waals surface area contributed by atoms with Gasteiger partial charge < -0.3 is 14.4 Å². The second-order valence-electron chi connectivity index (χ2n) is 9.02. The van der Waals surface area contributed by atoms with Crippen molar-refractivity contribution in [1.29, 1.82) is 0 Å². The SMILES string of the molecule is O=C(OC12CC3CC(C1)CC(C1(O)CCCC1)(C3)C2)C(F)(F)S(=O)(=O)[O-]. The molecule has 2 atom stereocenters. The van der Waals surface area contributed by atoms with E-state index in [1.54, 1.807) is 0 Å². The number of halogens is 2. The lowest BCUT2D eigenvalue weighted by Crippen LogP contribution is -2.64. The Kier molecular flexibility index (Phi) is 3.84. The summed E-state index contributed by atoms with van der Waals surface area (Å²) in [6.45, 7) is 0. The number of rotatable bonds is 4. The van der Waals surface area contributed by atoms with Crippen molar-refractivity contribution in [2.45, 2.75) is 80.7 Å². The zero-order chi connectivity index (χ0) is 19.0. The highest BCUT2D eigenvalue weighted by molar-refractivity contribution is 7.87. The summed E-state index contributed by atoms with van der Waals surface area (Å²) >= 11 is 0. The predicted octanol–water partition coefficient (Wildman–Crippen LogP) is 2.31. The lowest BCUT2D eigenvalue weighted by atomic mass is 9.43.